The molecule has 1 fully saturated rings. The van der Waals surface area contributed by atoms with Gasteiger partial charge in [0.15, 0.2) is 0 Å². The number of aryl methyl sites for hydroxylation is 1. The van der Waals surface area contributed by atoms with Crippen LogP contribution in [0.15, 0.2) is 24.3 Å². The van der Waals surface area contributed by atoms with E-state index in [2.05, 4.69) is 24.4 Å². The molecule has 1 atom stereocenters. The third-order valence-electron chi connectivity index (χ3n) is 3.76. The van der Waals surface area contributed by atoms with E-state index in [0.717, 1.165) is 18.4 Å². The number of carbonyl (C=O) groups excluding carboxylic acids is 2. The SMILES string of the molecule is CCCC1C(=O)NCC(=O)N1Cc1ccc(CC)cc1. The van der Waals surface area contributed by atoms with Crippen molar-refractivity contribution in [2.75, 3.05) is 6.54 Å². The highest BCUT2D eigenvalue weighted by molar-refractivity contribution is 5.94. The Kier molecular flexibility index (Phi) is 4.77. The molecule has 0 aromatic heterocycles. The van der Waals surface area contributed by atoms with Gasteiger partial charge in [-0.25, -0.2) is 0 Å². The Balaban J connectivity index is 2.13. The first-order valence-corrected chi connectivity index (χ1v) is 7.30. The topological polar surface area (TPSA) is 49.4 Å². The number of nitrogens with zero attached hydrogens (tertiary/aromatic N) is 1. The largest absolute Gasteiger partial charge is 0.345 e. The van der Waals surface area contributed by atoms with Gasteiger partial charge in [-0.15, -0.1) is 0 Å². The zero-order chi connectivity index (χ0) is 14.5. The third kappa shape index (κ3) is 3.18. The van der Waals surface area contributed by atoms with Gasteiger partial charge in [-0.3, -0.25) is 9.59 Å². The van der Waals surface area contributed by atoms with Crippen molar-refractivity contribution in [3.63, 3.8) is 0 Å². The van der Waals surface area contributed by atoms with Crippen LogP contribution in [0.2, 0.25) is 0 Å². The van der Waals surface area contributed by atoms with Crippen LogP contribution in [0.1, 0.15) is 37.8 Å². The van der Waals surface area contributed by atoms with Crippen LogP contribution in [-0.4, -0.2) is 29.3 Å². The molecule has 1 unspecified atom stereocenters. The number of benzene rings is 1. The lowest BCUT2D eigenvalue weighted by molar-refractivity contribution is -0.146. The van der Waals surface area contributed by atoms with Gasteiger partial charge in [0.25, 0.3) is 0 Å². The average Bonchev–Trinajstić information content (AvgIpc) is 2.47. The lowest BCUT2D eigenvalue weighted by Gasteiger charge is -2.35. The summed E-state index contributed by atoms with van der Waals surface area (Å²) in [6.45, 7) is 4.78. The van der Waals surface area contributed by atoms with Crippen molar-refractivity contribution in [3.05, 3.63) is 35.4 Å². The van der Waals surface area contributed by atoms with Gasteiger partial charge in [-0.05, 0) is 24.0 Å². The van der Waals surface area contributed by atoms with Crippen molar-refractivity contribution in [3.8, 4) is 0 Å². The summed E-state index contributed by atoms with van der Waals surface area (Å²) in [6.07, 6.45) is 2.60. The van der Waals surface area contributed by atoms with Crippen molar-refractivity contribution in [1.29, 1.82) is 0 Å². The van der Waals surface area contributed by atoms with Crippen molar-refractivity contribution < 1.29 is 9.59 Å². The Morgan fingerprint density at radius 2 is 1.80 bits per heavy atom. The summed E-state index contributed by atoms with van der Waals surface area (Å²) in [5.74, 6) is -0.0285. The monoisotopic (exact) mass is 274 g/mol. The molecule has 0 saturated carbocycles. The Labute approximate surface area is 120 Å². The standard InChI is InChI=1S/C16H22N2O2/c1-3-5-14-16(20)17-10-15(19)18(14)11-13-8-6-12(4-2)7-9-13/h6-9,14H,3-5,10-11H2,1-2H3,(H,17,20). The highest BCUT2D eigenvalue weighted by atomic mass is 16.2. The van der Waals surface area contributed by atoms with Crippen LogP contribution < -0.4 is 5.32 Å². The zero-order valence-electron chi connectivity index (χ0n) is 12.2. The number of nitrogens with one attached hydrogen (secondary N) is 1. The van der Waals surface area contributed by atoms with Gasteiger partial charge in [0, 0.05) is 6.54 Å². The lowest BCUT2D eigenvalue weighted by atomic mass is 10.0. The molecule has 4 nitrogen and oxygen atoms in total. The Morgan fingerprint density at radius 1 is 1.15 bits per heavy atom. The molecule has 0 bridgehead atoms. The molecule has 1 aromatic rings. The van der Waals surface area contributed by atoms with Crippen LogP contribution in [0.5, 0.6) is 0 Å². The summed E-state index contributed by atoms with van der Waals surface area (Å²) in [4.78, 5) is 25.7. The van der Waals surface area contributed by atoms with Crippen LogP contribution in [0.4, 0.5) is 0 Å². The van der Waals surface area contributed by atoms with Crippen molar-refractivity contribution in [1.82, 2.24) is 10.2 Å². The molecular formula is C16H22N2O2. The molecule has 1 aliphatic heterocycles. The molecule has 1 heterocycles. The predicted molar refractivity (Wildman–Crippen MR) is 78.1 cm³/mol. The second-order valence-electron chi connectivity index (χ2n) is 5.21. The number of amides is 2. The Morgan fingerprint density at radius 3 is 2.40 bits per heavy atom. The summed E-state index contributed by atoms with van der Waals surface area (Å²) in [6, 6.07) is 7.92. The maximum atomic E-state index is 12.1. The number of rotatable bonds is 5. The minimum Gasteiger partial charge on any atom is -0.345 e. The van der Waals surface area contributed by atoms with Crippen LogP contribution >= 0.6 is 0 Å². The molecule has 1 saturated heterocycles. The molecule has 4 heteroatoms. The molecule has 1 aromatic carbocycles. The van der Waals surface area contributed by atoms with Crippen LogP contribution in [-0.2, 0) is 22.6 Å². The van der Waals surface area contributed by atoms with E-state index in [0.29, 0.717) is 13.0 Å². The fourth-order valence-electron chi connectivity index (χ4n) is 2.53. The maximum Gasteiger partial charge on any atom is 0.243 e. The number of hydrogen-bond donors (Lipinski definition) is 1. The number of hydrogen-bond acceptors (Lipinski definition) is 2. The third-order valence-corrected chi connectivity index (χ3v) is 3.76. The maximum absolute atomic E-state index is 12.1. The van der Waals surface area contributed by atoms with Gasteiger partial charge < -0.3 is 10.2 Å². The summed E-state index contributed by atoms with van der Waals surface area (Å²) in [5.41, 5.74) is 2.35. The van der Waals surface area contributed by atoms with E-state index in [1.165, 1.54) is 5.56 Å². The average molecular weight is 274 g/mol. The highest BCUT2D eigenvalue weighted by Gasteiger charge is 2.33. The van der Waals surface area contributed by atoms with Crippen molar-refractivity contribution in [2.45, 2.75) is 45.7 Å². The fraction of sp³-hybridized carbons (Fsp3) is 0.500. The second-order valence-corrected chi connectivity index (χ2v) is 5.21. The fourth-order valence-corrected chi connectivity index (χ4v) is 2.53. The molecule has 0 aliphatic carbocycles. The molecule has 0 spiro atoms. The van der Waals surface area contributed by atoms with Gasteiger partial charge >= 0.3 is 0 Å². The molecule has 20 heavy (non-hydrogen) atoms. The van der Waals surface area contributed by atoms with E-state index in [-0.39, 0.29) is 24.4 Å². The number of piperazine rings is 1. The zero-order valence-corrected chi connectivity index (χ0v) is 12.2. The van der Waals surface area contributed by atoms with Crippen molar-refractivity contribution >= 4 is 11.8 Å². The summed E-state index contributed by atoms with van der Waals surface area (Å²) >= 11 is 0. The molecule has 2 rings (SSSR count). The van der Waals surface area contributed by atoms with Crippen LogP contribution in [0.3, 0.4) is 0 Å². The molecule has 0 radical (unpaired) electrons. The van der Waals surface area contributed by atoms with E-state index in [4.69, 9.17) is 0 Å². The van der Waals surface area contributed by atoms with Gasteiger partial charge in [-0.1, -0.05) is 44.5 Å². The smallest absolute Gasteiger partial charge is 0.243 e. The second kappa shape index (κ2) is 6.55. The molecule has 1 N–H and O–H groups in total. The van der Waals surface area contributed by atoms with Gasteiger partial charge in [-0.2, -0.15) is 0 Å². The summed E-state index contributed by atoms with van der Waals surface area (Å²) < 4.78 is 0. The van der Waals surface area contributed by atoms with Crippen LogP contribution in [0.25, 0.3) is 0 Å². The predicted octanol–water partition coefficient (Wildman–Crippen LogP) is 1.88. The lowest BCUT2D eigenvalue weighted by Crippen LogP contribution is -2.57. The molecule has 1 aliphatic rings. The summed E-state index contributed by atoms with van der Waals surface area (Å²) in [7, 11) is 0. The van der Waals surface area contributed by atoms with Crippen LogP contribution in [0, 0.1) is 0 Å². The highest BCUT2D eigenvalue weighted by Crippen LogP contribution is 2.16. The van der Waals surface area contributed by atoms with E-state index >= 15 is 0 Å². The first-order chi connectivity index (χ1) is 9.65. The molecule has 108 valence electrons. The normalized spacial score (nSPS) is 19.1. The molecule has 2 amide bonds. The number of carbonyl (C=O) groups is 2. The Hall–Kier alpha value is -1.84. The summed E-state index contributed by atoms with van der Waals surface area (Å²) in [5, 5.41) is 2.67. The van der Waals surface area contributed by atoms with Gasteiger partial charge in [0.05, 0.1) is 6.54 Å². The minimum absolute atomic E-state index is 0.00242. The van der Waals surface area contributed by atoms with Gasteiger partial charge in [0.1, 0.15) is 6.04 Å². The van der Waals surface area contributed by atoms with Crippen molar-refractivity contribution in [2.24, 2.45) is 0 Å². The van der Waals surface area contributed by atoms with E-state index in [9.17, 15) is 9.59 Å². The first kappa shape index (κ1) is 14.6. The molecular weight excluding hydrogens is 252 g/mol. The van der Waals surface area contributed by atoms with E-state index in [1.54, 1.807) is 4.90 Å². The quantitative estimate of drug-likeness (QED) is 0.891. The first-order valence-electron chi connectivity index (χ1n) is 7.30. The minimum atomic E-state index is -0.327. The Bertz CT molecular complexity index is 482. The van der Waals surface area contributed by atoms with E-state index < -0.39 is 0 Å². The van der Waals surface area contributed by atoms with E-state index in [1.807, 2.05) is 19.1 Å². The van der Waals surface area contributed by atoms with Gasteiger partial charge in [0.2, 0.25) is 11.8 Å².